The van der Waals surface area contributed by atoms with Crippen LogP contribution >= 0.6 is 0 Å². The molecule has 0 aliphatic carbocycles. The molecule has 0 saturated heterocycles. The molecule has 2 rings (SSSR count). The molecule has 0 radical (unpaired) electrons. The fourth-order valence-corrected chi connectivity index (χ4v) is 2.16. The summed E-state index contributed by atoms with van der Waals surface area (Å²) >= 11 is 0. The zero-order chi connectivity index (χ0) is 17.5. The molecule has 24 heavy (non-hydrogen) atoms. The number of amides is 2. The second-order valence-corrected chi connectivity index (χ2v) is 5.75. The van der Waals surface area contributed by atoms with E-state index in [-0.39, 0.29) is 12.3 Å². The zero-order valence-electron chi connectivity index (χ0n) is 14.1. The number of rotatable bonds is 5. The van der Waals surface area contributed by atoms with E-state index >= 15 is 0 Å². The van der Waals surface area contributed by atoms with Crippen LogP contribution in [0.3, 0.4) is 0 Å². The van der Waals surface area contributed by atoms with Crippen molar-refractivity contribution in [3.8, 4) is 0 Å². The summed E-state index contributed by atoms with van der Waals surface area (Å²) in [5, 5.41) is 6.59. The van der Waals surface area contributed by atoms with Crippen LogP contribution in [0.15, 0.2) is 47.6 Å². The molecule has 0 spiro atoms. The molecule has 0 aliphatic heterocycles. The van der Waals surface area contributed by atoms with Crippen LogP contribution in [0.2, 0.25) is 0 Å². The number of hydrogen-bond acceptors (Lipinski definition) is 3. The molecule has 0 aromatic heterocycles. The molecule has 0 atom stereocenters. The van der Waals surface area contributed by atoms with Crippen LogP contribution in [0, 0.1) is 20.8 Å². The van der Waals surface area contributed by atoms with Crippen molar-refractivity contribution >= 4 is 23.7 Å². The number of hydrazone groups is 1. The standard InChI is InChI=1S/C19H21N3O2/c1-13-4-7-16(8-5-13)12-20-22-19(24)11-18(23)21-17-9-6-14(2)10-15(17)3/h4-10,12H,11H2,1-3H3,(H,21,23)(H,22,24). The first-order chi connectivity index (χ1) is 11.4. The predicted octanol–water partition coefficient (Wildman–Crippen LogP) is 3.09. The molecular weight excluding hydrogens is 302 g/mol. The van der Waals surface area contributed by atoms with Crippen LogP contribution in [0.5, 0.6) is 0 Å². The van der Waals surface area contributed by atoms with Gasteiger partial charge in [-0.2, -0.15) is 5.10 Å². The van der Waals surface area contributed by atoms with E-state index < -0.39 is 5.91 Å². The van der Waals surface area contributed by atoms with Gasteiger partial charge in [0.25, 0.3) is 0 Å². The highest BCUT2D eigenvalue weighted by molar-refractivity contribution is 6.04. The second-order valence-electron chi connectivity index (χ2n) is 5.75. The number of carbonyl (C=O) groups is 2. The summed E-state index contributed by atoms with van der Waals surface area (Å²) in [4.78, 5) is 23.6. The first-order valence-corrected chi connectivity index (χ1v) is 7.70. The van der Waals surface area contributed by atoms with Crippen LogP contribution in [0.4, 0.5) is 5.69 Å². The monoisotopic (exact) mass is 323 g/mol. The number of benzene rings is 2. The second kappa shape index (κ2) is 8.06. The molecule has 2 aromatic carbocycles. The molecule has 2 aromatic rings. The maximum Gasteiger partial charge on any atom is 0.249 e. The van der Waals surface area contributed by atoms with Crippen molar-refractivity contribution in [3.05, 3.63) is 64.7 Å². The van der Waals surface area contributed by atoms with Crippen LogP contribution in [0.1, 0.15) is 28.7 Å². The molecule has 2 N–H and O–H groups in total. The Labute approximate surface area is 141 Å². The van der Waals surface area contributed by atoms with E-state index in [4.69, 9.17) is 0 Å². The average molecular weight is 323 g/mol. The molecule has 0 fully saturated rings. The van der Waals surface area contributed by atoms with E-state index in [9.17, 15) is 9.59 Å². The number of anilines is 1. The quantitative estimate of drug-likeness (QED) is 0.504. The average Bonchev–Trinajstić information content (AvgIpc) is 2.52. The van der Waals surface area contributed by atoms with Gasteiger partial charge in [0.15, 0.2) is 0 Å². The third-order valence-electron chi connectivity index (χ3n) is 3.46. The Morgan fingerprint density at radius 1 is 0.958 bits per heavy atom. The third-order valence-corrected chi connectivity index (χ3v) is 3.46. The summed E-state index contributed by atoms with van der Waals surface area (Å²) < 4.78 is 0. The largest absolute Gasteiger partial charge is 0.325 e. The molecule has 0 saturated carbocycles. The molecule has 2 amide bonds. The number of nitrogens with one attached hydrogen (secondary N) is 2. The molecule has 5 nitrogen and oxygen atoms in total. The van der Waals surface area contributed by atoms with Crippen molar-refractivity contribution in [1.29, 1.82) is 0 Å². The summed E-state index contributed by atoms with van der Waals surface area (Å²) in [6.07, 6.45) is 1.26. The Hall–Kier alpha value is -2.95. The van der Waals surface area contributed by atoms with Gasteiger partial charge < -0.3 is 5.32 Å². The van der Waals surface area contributed by atoms with Crippen molar-refractivity contribution in [2.75, 3.05) is 5.32 Å². The number of hydrogen-bond donors (Lipinski definition) is 2. The van der Waals surface area contributed by atoms with Gasteiger partial charge >= 0.3 is 0 Å². The van der Waals surface area contributed by atoms with E-state index in [1.54, 1.807) is 6.21 Å². The van der Waals surface area contributed by atoms with Crippen LogP contribution in [-0.4, -0.2) is 18.0 Å². The Morgan fingerprint density at radius 2 is 1.62 bits per heavy atom. The van der Waals surface area contributed by atoms with E-state index in [1.807, 2.05) is 63.2 Å². The number of carbonyl (C=O) groups excluding carboxylic acids is 2. The maximum atomic E-state index is 11.9. The maximum absolute atomic E-state index is 11.9. The fourth-order valence-electron chi connectivity index (χ4n) is 2.16. The number of nitrogens with zero attached hydrogens (tertiary/aromatic N) is 1. The lowest BCUT2D eigenvalue weighted by Gasteiger charge is -2.08. The van der Waals surface area contributed by atoms with Gasteiger partial charge in [-0.1, -0.05) is 47.5 Å². The van der Waals surface area contributed by atoms with Crippen molar-refractivity contribution in [1.82, 2.24) is 5.43 Å². The van der Waals surface area contributed by atoms with Crippen LogP contribution < -0.4 is 10.7 Å². The minimum atomic E-state index is -0.458. The van der Waals surface area contributed by atoms with Gasteiger partial charge in [0.05, 0.1) is 6.21 Å². The van der Waals surface area contributed by atoms with Gasteiger partial charge in [-0.05, 0) is 38.0 Å². The topological polar surface area (TPSA) is 70.6 Å². The van der Waals surface area contributed by atoms with Gasteiger partial charge in [0, 0.05) is 5.69 Å². The van der Waals surface area contributed by atoms with Crippen molar-refractivity contribution in [2.24, 2.45) is 5.10 Å². The lowest BCUT2D eigenvalue weighted by Crippen LogP contribution is -2.24. The Balaban J connectivity index is 1.83. The highest BCUT2D eigenvalue weighted by Gasteiger charge is 2.10. The molecule has 0 bridgehead atoms. The molecule has 124 valence electrons. The smallest absolute Gasteiger partial charge is 0.249 e. The predicted molar refractivity (Wildman–Crippen MR) is 96.1 cm³/mol. The lowest BCUT2D eigenvalue weighted by molar-refractivity contribution is -0.126. The lowest BCUT2D eigenvalue weighted by atomic mass is 10.1. The molecule has 0 aliphatic rings. The first-order valence-electron chi connectivity index (χ1n) is 7.70. The van der Waals surface area contributed by atoms with E-state index in [0.717, 1.165) is 22.3 Å². The summed E-state index contributed by atoms with van der Waals surface area (Å²) in [7, 11) is 0. The van der Waals surface area contributed by atoms with Crippen LogP contribution in [0.25, 0.3) is 0 Å². The summed E-state index contributed by atoms with van der Waals surface area (Å²) in [6, 6.07) is 13.4. The molecule has 0 heterocycles. The van der Waals surface area contributed by atoms with Gasteiger partial charge in [-0.15, -0.1) is 0 Å². The van der Waals surface area contributed by atoms with E-state index in [2.05, 4.69) is 15.8 Å². The molecule has 0 unspecified atom stereocenters. The zero-order valence-corrected chi connectivity index (χ0v) is 14.1. The SMILES string of the molecule is Cc1ccc(C=NNC(=O)CC(=O)Nc2ccc(C)cc2C)cc1. The first kappa shape index (κ1) is 17.4. The van der Waals surface area contributed by atoms with Gasteiger partial charge in [-0.3, -0.25) is 9.59 Å². The van der Waals surface area contributed by atoms with Crippen molar-refractivity contribution in [3.63, 3.8) is 0 Å². The highest BCUT2D eigenvalue weighted by Crippen LogP contribution is 2.16. The van der Waals surface area contributed by atoms with Gasteiger partial charge in [0.2, 0.25) is 11.8 Å². The summed E-state index contributed by atoms with van der Waals surface area (Å²) in [6.45, 7) is 5.89. The third kappa shape index (κ3) is 5.35. The van der Waals surface area contributed by atoms with E-state index in [0.29, 0.717) is 5.69 Å². The number of aryl methyl sites for hydroxylation is 3. The minimum Gasteiger partial charge on any atom is -0.325 e. The van der Waals surface area contributed by atoms with E-state index in [1.165, 1.54) is 0 Å². The minimum absolute atomic E-state index is 0.279. The van der Waals surface area contributed by atoms with Gasteiger partial charge in [0.1, 0.15) is 6.42 Å². The summed E-state index contributed by atoms with van der Waals surface area (Å²) in [5.41, 5.74) is 7.17. The molecule has 5 heteroatoms. The van der Waals surface area contributed by atoms with Crippen molar-refractivity contribution < 1.29 is 9.59 Å². The summed E-state index contributed by atoms with van der Waals surface area (Å²) in [5.74, 6) is -0.828. The highest BCUT2D eigenvalue weighted by atomic mass is 16.2. The Kier molecular flexibility index (Phi) is 5.84. The van der Waals surface area contributed by atoms with Crippen LogP contribution in [-0.2, 0) is 9.59 Å². The Morgan fingerprint density at radius 3 is 2.29 bits per heavy atom. The van der Waals surface area contributed by atoms with Gasteiger partial charge in [-0.25, -0.2) is 5.43 Å². The normalized spacial score (nSPS) is 10.6. The Bertz CT molecular complexity index is 765. The fraction of sp³-hybridized carbons (Fsp3) is 0.211. The van der Waals surface area contributed by atoms with Crippen molar-refractivity contribution in [2.45, 2.75) is 27.2 Å². The molecular formula is C19H21N3O2.